The maximum absolute atomic E-state index is 10.6. The Labute approximate surface area is 118 Å². The van der Waals surface area contributed by atoms with Crippen molar-refractivity contribution in [3.63, 3.8) is 0 Å². The molecule has 1 saturated carbocycles. The number of rotatable bonds is 6. The molecule has 2 rings (SSSR count). The van der Waals surface area contributed by atoms with Gasteiger partial charge in [0.05, 0.1) is 5.60 Å². The number of β-amino-alcohol motifs (C(OH)–C–C–N with tert-alkyl or cyclic N) is 1. The monoisotopic (exact) mass is 268 g/mol. The number of nitrogens with zero attached hydrogens (tertiary/aromatic N) is 1. The lowest BCUT2D eigenvalue weighted by molar-refractivity contribution is -0.00446. The van der Waals surface area contributed by atoms with Crippen LogP contribution < -0.4 is 5.32 Å². The van der Waals surface area contributed by atoms with Gasteiger partial charge in [0.2, 0.25) is 0 Å². The summed E-state index contributed by atoms with van der Waals surface area (Å²) in [6, 6.07) is 0.612. The number of aliphatic hydroxyl groups is 1. The van der Waals surface area contributed by atoms with Crippen LogP contribution in [0.15, 0.2) is 0 Å². The van der Waals surface area contributed by atoms with Crippen molar-refractivity contribution >= 4 is 0 Å². The molecule has 0 spiro atoms. The SMILES string of the molecule is CCCNC(C)C1CCCN(CC2(O)CCCC2)C1. The molecule has 0 radical (unpaired) electrons. The molecule has 0 amide bonds. The summed E-state index contributed by atoms with van der Waals surface area (Å²) in [7, 11) is 0. The summed E-state index contributed by atoms with van der Waals surface area (Å²) in [5, 5.41) is 14.2. The molecule has 3 nitrogen and oxygen atoms in total. The minimum Gasteiger partial charge on any atom is -0.389 e. The van der Waals surface area contributed by atoms with Gasteiger partial charge in [-0.3, -0.25) is 0 Å². The summed E-state index contributed by atoms with van der Waals surface area (Å²) < 4.78 is 0. The number of hydrogen-bond acceptors (Lipinski definition) is 3. The van der Waals surface area contributed by atoms with Gasteiger partial charge in [0.1, 0.15) is 0 Å². The van der Waals surface area contributed by atoms with Gasteiger partial charge in [-0.05, 0) is 58.0 Å². The van der Waals surface area contributed by atoms with Crippen molar-refractivity contribution in [2.75, 3.05) is 26.2 Å². The summed E-state index contributed by atoms with van der Waals surface area (Å²) >= 11 is 0. The highest BCUT2D eigenvalue weighted by Gasteiger charge is 2.35. The molecule has 3 heteroatoms. The second-order valence-corrected chi connectivity index (χ2v) is 6.81. The lowest BCUT2D eigenvalue weighted by Crippen LogP contribution is -2.49. The molecule has 1 saturated heterocycles. The van der Waals surface area contributed by atoms with Crippen molar-refractivity contribution in [3.05, 3.63) is 0 Å². The Morgan fingerprint density at radius 2 is 2.05 bits per heavy atom. The first-order chi connectivity index (χ1) is 9.13. The highest BCUT2D eigenvalue weighted by Crippen LogP contribution is 2.31. The fourth-order valence-corrected chi connectivity index (χ4v) is 3.79. The minimum atomic E-state index is -0.373. The molecule has 0 aromatic heterocycles. The number of likely N-dealkylation sites (tertiary alicyclic amines) is 1. The van der Waals surface area contributed by atoms with Gasteiger partial charge in [0.25, 0.3) is 0 Å². The van der Waals surface area contributed by atoms with E-state index < -0.39 is 0 Å². The van der Waals surface area contributed by atoms with E-state index in [0.717, 1.165) is 31.8 Å². The van der Waals surface area contributed by atoms with Crippen molar-refractivity contribution in [1.82, 2.24) is 10.2 Å². The van der Waals surface area contributed by atoms with Crippen LogP contribution in [0.3, 0.4) is 0 Å². The highest BCUT2D eigenvalue weighted by atomic mass is 16.3. The zero-order valence-electron chi connectivity index (χ0n) is 12.8. The lowest BCUT2D eigenvalue weighted by atomic mass is 9.90. The van der Waals surface area contributed by atoms with Gasteiger partial charge < -0.3 is 15.3 Å². The maximum atomic E-state index is 10.6. The maximum Gasteiger partial charge on any atom is 0.0774 e. The summed E-state index contributed by atoms with van der Waals surface area (Å²) in [6.07, 6.45) is 8.28. The predicted molar refractivity (Wildman–Crippen MR) is 80.3 cm³/mol. The Morgan fingerprint density at radius 1 is 1.32 bits per heavy atom. The third-order valence-electron chi connectivity index (χ3n) is 5.02. The van der Waals surface area contributed by atoms with Gasteiger partial charge >= 0.3 is 0 Å². The molecule has 2 unspecified atom stereocenters. The summed E-state index contributed by atoms with van der Waals surface area (Å²) in [4.78, 5) is 2.52. The number of piperidine rings is 1. The van der Waals surface area contributed by atoms with Crippen molar-refractivity contribution in [1.29, 1.82) is 0 Å². The Hall–Kier alpha value is -0.120. The van der Waals surface area contributed by atoms with Crippen LogP contribution in [0.1, 0.15) is 58.8 Å². The largest absolute Gasteiger partial charge is 0.389 e. The van der Waals surface area contributed by atoms with E-state index in [0.29, 0.717) is 6.04 Å². The topological polar surface area (TPSA) is 35.5 Å². The Morgan fingerprint density at radius 3 is 2.74 bits per heavy atom. The van der Waals surface area contributed by atoms with Crippen LogP contribution in [0, 0.1) is 5.92 Å². The molecule has 2 fully saturated rings. The average Bonchev–Trinajstić information content (AvgIpc) is 2.82. The third-order valence-corrected chi connectivity index (χ3v) is 5.02. The van der Waals surface area contributed by atoms with E-state index in [1.165, 1.54) is 45.2 Å². The zero-order valence-corrected chi connectivity index (χ0v) is 12.8. The van der Waals surface area contributed by atoms with Crippen molar-refractivity contribution in [3.8, 4) is 0 Å². The first kappa shape index (κ1) is 15.3. The molecule has 0 bridgehead atoms. The molecule has 1 heterocycles. The second kappa shape index (κ2) is 7.05. The Balaban J connectivity index is 1.79. The third kappa shape index (κ3) is 4.44. The summed E-state index contributed by atoms with van der Waals surface area (Å²) in [5.74, 6) is 0.755. The van der Waals surface area contributed by atoms with E-state index in [1.807, 2.05) is 0 Å². The quantitative estimate of drug-likeness (QED) is 0.776. The minimum absolute atomic E-state index is 0.373. The van der Waals surface area contributed by atoms with Gasteiger partial charge in [0, 0.05) is 19.1 Å². The smallest absolute Gasteiger partial charge is 0.0774 e. The first-order valence-corrected chi connectivity index (χ1v) is 8.31. The normalized spacial score (nSPS) is 29.5. The van der Waals surface area contributed by atoms with Crippen LogP contribution in [0.2, 0.25) is 0 Å². The van der Waals surface area contributed by atoms with Crippen molar-refractivity contribution < 1.29 is 5.11 Å². The van der Waals surface area contributed by atoms with Gasteiger partial charge in [-0.1, -0.05) is 19.8 Å². The van der Waals surface area contributed by atoms with Crippen LogP contribution in [0.5, 0.6) is 0 Å². The van der Waals surface area contributed by atoms with E-state index in [2.05, 4.69) is 24.1 Å². The van der Waals surface area contributed by atoms with Crippen molar-refractivity contribution in [2.45, 2.75) is 70.4 Å². The Kier molecular flexibility index (Phi) is 5.67. The standard InChI is InChI=1S/C16H32N2O/c1-3-10-17-14(2)15-7-6-11-18(12-15)13-16(19)8-4-5-9-16/h14-15,17,19H,3-13H2,1-2H3. The van der Waals surface area contributed by atoms with E-state index >= 15 is 0 Å². The van der Waals surface area contributed by atoms with Crippen LogP contribution in [-0.2, 0) is 0 Å². The molecule has 1 aliphatic carbocycles. The average molecular weight is 268 g/mol. The molecule has 19 heavy (non-hydrogen) atoms. The van der Waals surface area contributed by atoms with Gasteiger partial charge in [-0.2, -0.15) is 0 Å². The molecule has 2 N–H and O–H groups in total. The van der Waals surface area contributed by atoms with Gasteiger partial charge in [0.15, 0.2) is 0 Å². The van der Waals surface area contributed by atoms with Crippen LogP contribution >= 0.6 is 0 Å². The first-order valence-electron chi connectivity index (χ1n) is 8.31. The predicted octanol–water partition coefficient (Wildman–Crippen LogP) is 2.39. The zero-order chi connectivity index (χ0) is 13.7. The van der Waals surface area contributed by atoms with E-state index in [4.69, 9.17) is 0 Å². The Bertz CT molecular complexity index is 263. The molecule has 2 atom stereocenters. The van der Waals surface area contributed by atoms with E-state index in [9.17, 15) is 5.11 Å². The van der Waals surface area contributed by atoms with Crippen molar-refractivity contribution in [2.24, 2.45) is 5.92 Å². The molecule has 0 aromatic rings. The highest BCUT2D eigenvalue weighted by molar-refractivity contribution is 4.90. The van der Waals surface area contributed by atoms with E-state index in [1.54, 1.807) is 0 Å². The molecular formula is C16H32N2O. The fraction of sp³-hybridized carbons (Fsp3) is 1.00. The van der Waals surface area contributed by atoms with Gasteiger partial charge in [-0.25, -0.2) is 0 Å². The lowest BCUT2D eigenvalue weighted by Gasteiger charge is -2.39. The number of hydrogen-bond donors (Lipinski definition) is 2. The van der Waals surface area contributed by atoms with Gasteiger partial charge in [-0.15, -0.1) is 0 Å². The molecule has 2 aliphatic rings. The summed E-state index contributed by atoms with van der Waals surface area (Å²) in [5.41, 5.74) is -0.373. The summed E-state index contributed by atoms with van der Waals surface area (Å²) in [6.45, 7) is 8.93. The van der Waals surface area contributed by atoms with Crippen LogP contribution in [0.4, 0.5) is 0 Å². The fourth-order valence-electron chi connectivity index (χ4n) is 3.79. The van der Waals surface area contributed by atoms with Crippen LogP contribution in [-0.4, -0.2) is 47.8 Å². The van der Waals surface area contributed by atoms with Crippen LogP contribution in [0.25, 0.3) is 0 Å². The molecule has 112 valence electrons. The second-order valence-electron chi connectivity index (χ2n) is 6.81. The number of nitrogens with one attached hydrogen (secondary N) is 1. The molecule has 1 aliphatic heterocycles. The molecular weight excluding hydrogens is 236 g/mol. The molecule has 0 aromatic carbocycles. The van der Waals surface area contributed by atoms with E-state index in [-0.39, 0.29) is 5.60 Å².